The Morgan fingerprint density at radius 1 is 1.27 bits per heavy atom. The van der Waals surface area contributed by atoms with Crippen molar-refractivity contribution in [3.8, 4) is 0 Å². The fourth-order valence-corrected chi connectivity index (χ4v) is 1.87. The molecule has 1 unspecified atom stereocenters. The first-order valence-electron chi connectivity index (χ1n) is 5.20. The van der Waals surface area contributed by atoms with E-state index in [2.05, 4.69) is 19.2 Å². The molecular weight excluding hydrogens is 190 g/mol. The van der Waals surface area contributed by atoms with E-state index in [9.17, 15) is 4.79 Å². The number of benzene rings is 1. The van der Waals surface area contributed by atoms with E-state index in [1.807, 2.05) is 30.3 Å². The molecule has 3 heteroatoms. The van der Waals surface area contributed by atoms with Gasteiger partial charge in [0.1, 0.15) is 6.10 Å². The van der Waals surface area contributed by atoms with E-state index in [0.717, 1.165) is 5.56 Å². The lowest BCUT2D eigenvalue weighted by Gasteiger charge is -2.20. The average Bonchev–Trinajstić information content (AvgIpc) is 2.62. The molecule has 1 fully saturated rings. The molecule has 1 aliphatic heterocycles. The van der Waals surface area contributed by atoms with Crippen molar-refractivity contribution < 1.29 is 9.53 Å². The van der Waals surface area contributed by atoms with Crippen molar-refractivity contribution in [2.45, 2.75) is 26.0 Å². The largest absolute Gasteiger partial charge is 0.439 e. The minimum absolute atomic E-state index is 0.0694. The summed E-state index contributed by atoms with van der Waals surface area (Å²) < 4.78 is 5.27. The summed E-state index contributed by atoms with van der Waals surface area (Å²) in [5, 5.41) is 2.84. The molecule has 1 aromatic carbocycles. The number of hydrogen-bond donors (Lipinski definition) is 1. The van der Waals surface area contributed by atoms with Gasteiger partial charge in [0, 0.05) is 0 Å². The Hall–Kier alpha value is -1.51. The van der Waals surface area contributed by atoms with Crippen molar-refractivity contribution >= 4 is 6.09 Å². The van der Waals surface area contributed by atoms with Crippen LogP contribution in [0.5, 0.6) is 0 Å². The molecule has 15 heavy (non-hydrogen) atoms. The third-order valence-electron chi connectivity index (χ3n) is 2.69. The number of alkyl carbamates (subject to hydrolysis) is 1. The van der Waals surface area contributed by atoms with Gasteiger partial charge in [-0.15, -0.1) is 0 Å². The number of carbonyl (C=O) groups is 1. The van der Waals surface area contributed by atoms with Crippen LogP contribution in [-0.2, 0) is 4.74 Å². The maximum atomic E-state index is 11.2. The van der Waals surface area contributed by atoms with Crippen LogP contribution in [0.4, 0.5) is 4.79 Å². The molecule has 0 aliphatic carbocycles. The molecule has 0 saturated carbocycles. The van der Waals surface area contributed by atoms with Gasteiger partial charge in [-0.25, -0.2) is 4.79 Å². The van der Waals surface area contributed by atoms with Gasteiger partial charge in [-0.1, -0.05) is 44.2 Å². The summed E-state index contributed by atoms with van der Waals surface area (Å²) in [4.78, 5) is 11.2. The Kier molecular flexibility index (Phi) is 2.62. The number of rotatable bonds is 2. The standard InChI is InChI=1S/C12H15NO2/c1-8(2)10-11(15-12(14)13-10)9-6-4-3-5-7-9/h3-8,10-11H,1-2H3,(H,13,14)/t10?,11-/m0/s1. The molecule has 1 N–H and O–H groups in total. The number of cyclic esters (lactones) is 1. The second-order valence-electron chi connectivity index (χ2n) is 4.15. The second-order valence-corrected chi connectivity index (χ2v) is 4.15. The molecule has 1 saturated heterocycles. The maximum absolute atomic E-state index is 11.2. The van der Waals surface area contributed by atoms with Crippen LogP contribution in [0.3, 0.4) is 0 Å². The summed E-state index contributed by atoms with van der Waals surface area (Å²) in [7, 11) is 0. The highest BCUT2D eigenvalue weighted by atomic mass is 16.6. The van der Waals surface area contributed by atoms with E-state index >= 15 is 0 Å². The van der Waals surface area contributed by atoms with Crippen molar-refractivity contribution in [1.29, 1.82) is 0 Å². The molecule has 1 heterocycles. The lowest BCUT2D eigenvalue weighted by Crippen LogP contribution is -2.32. The normalized spacial score (nSPS) is 25.1. The molecule has 2 rings (SSSR count). The molecule has 80 valence electrons. The highest BCUT2D eigenvalue weighted by Crippen LogP contribution is 2.29. The first-order chi connectivity index (χ1) is 7.18. The zero-order chi connectivity index (χ0) is 10.8. The monoisotopic (exact) mass is 205 g/mol. The van der Waals surface area contributed by atoms with E-state index in [4.69, 9.17) is 4.74 Å². The van der Waals surface area contributed by atoms with Gasteiger partial charge in [0.15, 0.2) is 0 Å². The van der Waals surface area contributed by atoms with E-state index in [1.165, 1.54) is 0 Å². The quantitative estimate of drug-likeness (QED) is 0.805. The Labute approximate surface area is 89.4 Å². The van der Waals surface area contributed by atoms with Gasteiger partial charge in [0.25, 0.3) is 0 Å². The van der Waals surface area contributed by atoms with Gasteiger partial charge >= 0.3 is 6.09 Å². The molecule has 1 aromatic rings. The van der Waals surface area contributed by atoms with Gasteiger partial charge in [-0.05, 0) is 11.5 Å². The van der Waals surface area contributed by atoms with Crippen LogP contribution in [0.2, 0.25) is 0 Å². The van der Waals surface area contributed by atoms with Crippen LogP contribution in [-0.4, -0.2) is 12.1 Å². The van der Waals surface area contributed by atoms with Crippen molar-refractivity contribution in [2.24, 2.45) is 5.92 Å². The van der Waals surface area contributed by atoms with Crippen LogP contribution in [0.1, 0.15) is 25.5 Å². The molecule has 0 aromatic heterocycles. The molecule has 0 bridgehead atoms. The zero-order valence-electron chi connectivity index (χ0n) is 8.94. The number of hydrogen-bond acceptors (Lipinski definition) is 2. The van der Waals surface area contributed by atoms with Crippen molar-refractivity contribution in [1.82, 2.24) is 5.32 Å². The van der Waals surface area contributed by atoms with Gasteiger partial charge in [0.05, 0.1) is 6.04 Å². The number of carbonyl (C=O) groups excluding carboxylic acids is 1. The second kappa shape index (κ2) is 3.93. The van der Waals surface area contributed by atoms with Gasteiger partial charge in [0.2, 0.25) is 0 Å². The van der Waals surface area contributed by atoms with Crippen molar-refractivity contribution in [2.75, 3.05) is 0 Å². The lowest BCUT2D eigenvalue weighted by molar-refractivity contribution is 0.126. The van der Waals surface area contributed by atoms with E-state index < -0.39 is 0 Å². The molecular formula is C12H15NO2. The maximum Gasteiger partial charge on any atom is 0.408 e. The minimum Gasteiger partial charge on any atom is -0.439 e. The Balaban J connectivity index is 2.24. The van der Waals surface area contributed by atoms with Gasteiger partial charge in [-0.3, -0.25) is 0 Å². The van der Waals surface area contributed by atoms with E-state index in [-0.39, 0.29) is 18.2 Å². The first-order valence-corrected chi connectivity index (χ1v) is 5.20. The molecule has 3 nitrogen and oxygen atoms in total. The smallest absolute Gasteiger partial charge is 0.408 e. The third-order valence-corrected chi connectivity index (χ3v) is 2.69. The minimum atomic E-state index is -0.317. The Bertz CT molecular complexity index is 348. The van der Waals surface area contributed by atoms with E-state index in [0.29, 0.717) is 5.92 Å². The number of ether oxygens (including phenoxy) is 1. The van der Waals surface area contributed by atoms with Crippen LogP contribution < -0.4 is 5.32 Å². The van der Waals surface area contributed by atoms with Crippen LogP contribution in [0.25, 0.3) is 0 Å². The van der Waals surface area contributed by atoms with Crippen LogP contribution in [0.15, 0.2) is 30.3 Å². The summed E-state index contributed by atoms with van der Waals surface area (Å²) in [6.07, 6.45) is -0.471. The summed E-state index contributed by atoms with van der Waals surface area (Å²) in [6.45, 7) is 4.16. The molecule has 1 aliphatic rings. The fourth-order valence-electron chi connectivity index (χ4n) is 1.87. The molecule has 0 spiro atoms. The SMILES string of the molecule is CC(C)C1NC(=O)O[C@H]1c1ccccc1. The third kappa shape index (κ3) is 1.96. The summed E-state index contributed by atoms with van der Waals surface area (Å²) in [6, 6.07) is 9.91. The van der Waals surface area contributed by atoms with E-state index in [1.54, 1.807) is 0 Å². The lowest BCUT2D eigenvalue weighted by atomic mass is 9.94. The predicted octanol–water partition coefficient (Wildman–Crippen LogP) is 2.49. The highest BCUT2D eigenvalue weighted by molar-refractivity contribution is 5.70. The first kappa shape index (κ1) is 10.0. The molecule has 1 amide bonds. The Morgan fingerprint density at radius 3 is 2.53 bits per heavy atom. The van der Waals surface area contributed by atoms with Crippen LogP contribution >= 0.6 is 0 Å². The van der Waals surface area contributed by atoms with Gasteiger partial charge < -0.3 is 10.1 Å². The predicted molar refractivity (Wildman–Crippen MR) is 57.4 cm³/mol. The summed E-state index contributed by atoms with van der Waals surface area (Å²) in [5.74, 6) is 0.363. The summed E-state index contributed by atoms with van der Waals surface area (Å²) >= 11 is 0. The highest BCUT2D eigenvalue weighted by Gasteiger charge is 2.36. The summed E-state index contributed by atoms with van der Waals surface area (Å²) in [5.41, 5.74) is 1.05. The van der Waals surface area contributed by atoms with Crippen LogP contribution in [0, 0.1) is 5.92 Å². The fraction of sp³-hybridized carbons (Fsp3) is 0.417. The van der Waals surface area contributed by atoms with Crippen molar-refractivity contribution in [3.05, 3.63) is 35.9 Å². The Morgan fingerprint density at radius 2 is 1.93 bits per heavy atom. The average molecular weight is 205 g/mol. The topological polar surface area (TPSA) is 38.3 Å². The molecule has 0 radical (unpaired) electrons. The molecule has 2 atom stereocenters. The number of amides is 1. The van der Waals surface area contributed by atoms with Gasteiger partial charge in [-0.2, -0.15) is 0 Å². The number of nitrogens with one attached hydrogen (secondary N) is 1. The van der Waals surface area contributed by atoms with Crippen molar-refractivity contribution in [3.63, 3.8) is 0 Å². The zero-order valence-corrected chi connectivity index (χ0v) is 8.94.